The van der Waals surface area contributed by atoms with E-state index in [0.717, 1.165) is 12.3 Å². The van der Waals surface area contributed by atoms with Gasteiger partial charge in [-0.3, -0.25) is 14.1 Å². The van der Waals surface area contributed by atoms with Crippen LogP contribution < -0.4 is 10.2 Å². The Morgan fingerprint density at radius 1 is 1.06 bits per heavy atom. The van der Waals surface area contributed by atoms with Crippen LogP contribution in [0, 0.1) is 0 Å². The van der Waals surface area contributed by atoms with Crippen molar-refractivity contribution in [3.8, 4) is 0 Å². The van der Waals surface area contributed by atoms with Crippen LogP contribution >= 0.6 is 0 Å². The number of likely N-dealkylation sites (tertiary alicyclic amines) is 1. The number of pyridine rings is 1. The number of alkyl halides is 3. The lowest BCUT2D eigenvalue weighted by Crippen LogP contribution is -2.39. The third-order valence-electron chi connectivity index (χ3n) is 6.11. The van der Waals surface area contributed by atoms with Gasteiger partial charge < -0.3 is 10.2 Å². The standard InChI is InChI=1S/C22H21F3N6O2/c23-22(24,25)16-5-8-18-27-28-19(31(18)13-16)15-2-1-10-29(12-15)20(32)14-3-6-17(7-4-14)30-11-9-26-21(30)33/h3-8,13,15H,1-2,9-12H2,(H,26,33). The fourth-order valence-electron chi connectivity index (χ4n) is 4.41. The van der Waals surface area contributed by atoms with E-state index in [-0.39, 0.29) is 17.9 Å². The number of piperidine rings is 1. The number of benzene rings is 1. The van der Waals surface area contributed by atoms with Gasteiger partial charge in [-0.1, -0.05) is 0 Å². The Hall–Kier alpha value is -3.63. The number of amides is 3. The Morgan fingerprint density at radius 3 is 2.55 bits per heavy atom. The molecule has 4 heterocycles. The second-order valence-corrected chi connectivity index (χ2v) is 8.22. The summed E-state index contributed by atoms with van der Waals surface area (Å²) in [7, 11) is 0. The SMILES string of the molecule is O=C(c1ccc(N2CCNC2=O)cc1)N1CCCC(c2nnc3ccc(C(F)(F)F)cn23)C1. The number of carbonyl (C=O) groups is 2. The van der Waals surface area contributed by atoms with E-state index in [4.69, 9.17) is 0 Å². The fraction of sp³-hybridized carbons (Fsp3) is 0.364. The summed E-state index contributed by atoms with van der Waals surface area (Å²) in [6, 6.07) is 8.98. The molecular weight excluding hydrogens is 437 g/mol. The minimum absolute atomic E-state index is 0.165. The highest BCUT2D eigenvalue weighted by Crippen LogP contribution is 2.32. The number of urea groups is 1. The molecule has 2 aromatic heterocycles. The summed E-state index contributed by atoms with van der Waals surface area (Å²) >= 11 is 0. The molecule has 1 N–H and O–H groups in total. The summed E-state index contributed by atoms with van der Waals surface area (Å²) in [5.41, 5.74) is 0.771. The van der Waals surface area contributed by atoms with Crippen molar-refractivity contribution < 1.29 is 22.8 Å². The van der Waals surface area contributed by atoms with Gasteiger partial charge in [0.1, 0.15) is 5.82 Å². The minimum Gasteiger partial charge on any atom is -0.338 e. The zero-order valence-corrected chi connectivity index (χ0v) is 17.5. The number of anilines is 1. The lowest BCUT2D eigenvalue weighted by Gasteiger charge is -2.32. The van der Waals surface area contributed by atoms with Gasteiger partial charge >= 0.3 is 12.2 Å². The Balaban J connectivity index is 1.35. The first kappa shape index (κ1) is 21.2. The predicted octanol–water partition coefficient (Wildman–Crippen LogP) is 3.30. The van der Waals surface area contributed by atoms with Crippen molar-refractivity contribution in [1.29, 1.82) is 0 Å². The van der Waals surface area contributed by atoms with Crippen molar-refractivity contribution in [2.24, 2.45) is 0 Å². The van der Waals surface area contributed by atoms with Crippen LogP contribution in [0.2, 0.25) is 0 Å². The van der Waals surface area contributed by atoms with Gasteiger partial charge in [0.15, 0.2) is 5.65 Å². The Bertz CT molecular complexity index is 1210. The molecular formula is C22H21F3N6O2. The van der Waals surface area contributed by atoms with E-state index >= 15 is 0 Å². The van der Waals surface area contributed by atoms with Crippen LogP contribution in [0.1, 0.15) is 40.5 Å². The molecule has 11 heteroatoms. The summed E-state index contributed by atoms with van der Waals surface area (Å²) in [5.74, 6) is 0.0275. The van der Waals surface area contributed by atoms with Crippen molar-refractivity contribution >= 4 is 23.3 Å². The monoisotopic (exact) mass is 458 g/mol. The molecule has 5 rings (SSSR count). The van der Waals surface area contributed by atoms with Crippen LogP contribution in [-0.2, 0) is 6.18 Å². The van der Waals surface area contributed by atoms with E-state index < -0.39 is 11.7 Å². The number of carbonyl (C=O) groups excluding carboxylic acids is 2. The van der Waals surface area contributed by atoms with E-state index in [1.54, 1.807) is 34.1 Å². The van der Waals surface area contributed by atoms with Gasteiger partial charge in [0, 0.05) is 49.5 Å². The van der Waals surface area contributed by atoms with Crippen molar-refractivity contribution in [3.05, 3.63) is 59.5 Å². The van der Waals surface area contributed by atoms with Crippen LogP contribution in [0.5, 0.6) is 0 Å². The topological polar surface area (TPSA) is 82.8 Å². The van der Waals surface area contributed by atoms with Gasteiger partial charge in [0.25, 0.3) is 5.91 Å². The Morgan fingerprint density at radius 2 is 1.85 bits per heavy atom. The van der Waals surface area contributed by atoms with Gasteiger partial charge in [-0.2, -0.15) is 13.2 Å². The van der Waals surface area contributed by atoms with E-state index in [9.17, 15) is 22.8 Å². The highest BCUT2D eigenvalue weighted by Gasteiger charge is 2.33. The van der Waals surface area contributed by atoms with Crippen molar-refractivity contribution in [2.45, 2.75) is 24.9 Å². The Labute approximate surface area is 187 Å². The summed E-state index contributed by atoms with van der Waals surface area (Å²) in [5, 5.41) is 10.9. The molecule has 0 saturated carbocycles. The fourth-order valence-corrected chi connectivity index (χ4v) is 4.41. The van der Waals surface area contributed by atoms with Gasteiger partial charge in [-0.25, -0.2) is 4.79 Å². The molecule has 3 aromatic rings. The molecule has 2 saturated heterocycles. The number of rotatable bonds is 3. The second-order valence-electron chi connectivity index (χ2n) is 8.22. The van der Waals surface area contributed by atoms with E-state index in [2.05, 4.69) is 15.5 Å². The third kappa shape index (κ3) is 3.98. The highest BCUT2D eigenvalue weighted by atomic mass is 19.4. The molecule has 0 aliphatic carbocycles. The zero-order chi connectivity index (χ0) is 23.2. The van der Waals surface area contributed by atoms with Crippen molar-refractivity contribution in [3.63, 3.8) is 0 Å². The molecule has 1 atom stereocenters. The first-order valence-electron chi connectivity index (χ1n) is 10.7. The first-order chi connectivity index (χ1) is 15.8. The van der Waals surface area contributed by atoms with E-state index in [1.165, 1.54) is 10.5 Å². The van der Waals surface area contributed by atoms with Crippen LogP contribution in [0.15, 0.2) is 42.6 Å². The first-order valence-corrected chi connectivity index (χ1v) is 10.7. The molecule has 33 heavy (non-hydrogen) atoms. The van der Waals surface area contributed by atoms with Crippen molar-refractivity contribution in [1.82, 2.24) is 24.8 Å². The van der Waals surface area contributed by atoms with Gasteiger partial charge in [0.05, 0.1) is 5.56 Å². The van der Waals surface area contributed by atoms with Crippen LogP contribution in [0.3, 0.4) is 0 Å². The van der Waals surface area contributed by atoms with Gasteiger partial charge in [-0.15, -0.1) is 10.2 Å². The lowest BCUT2D eigenvalue weighted by atomic mass is 9.96. The summed E-state index contributed by atoms with van der Waals surface area (Å²) < 4.78 is 40.9. The molecule has 2 fully saturated rings. The smallest absolute Gasteiger partial charge is 0.338 e. The van der Waals surface area contributed by atoms with Gasteiger partial charge in [0.2, 0.25) is 0 Å². The van der Waals surface area contributed by atoms with Crippen molar-refractivity contribution in [2.75, 3.05) is 31.1 Å². The second kappa shape index (κ2) is 8.05. The number of nitrogens with zero attached hydrogens (tertiary/aromatic N) is 5. The molecule has 2 aliphatic rings. The molecule has 0 spiro atoms. The quantitative estimate of drug-likeness (QED) is 0.653. The average Bonchev–Trinajstić information content (AvgIpc) is 3.44. The molecule has 3 amide bonds. The number of halogens is 3. The molecule has 2 aliphatic heterocycles. The van der Waals surface area contributed by atoms with Gasteiger partial charge in [-0.05, 0) is 49.2 Å². The number of aromatic nitrogens is 3. The lowest BCUT2D eigenvalue weighted by molar-refractivity contribution is -0.137. The average molecular weight is 458 g/mol. The summed E-state index contributed by atoms with van der Waals surface area (Å²) in [6.07, 6.45) is -2.05. The largest absolute Gasteiger partial charge is 0.417 e. The highest BCUT2D eigenvalue weighted by molar-refractivity contribution is 5.97. The van der Waals surface area contributed by atoms with E-state index in [1.807, 2.05) is 0 Å². The number of hydrogen-bond donors (Lipinski definition) is 1. The summed E-state index contributed by atoms with van der Waals surface area (Å²) in [6.45, 7) is 2.04. The molecule has 1 aromatic carbocycles. The molecule has 0 radical (unpaired) electrons. The molecule has 0 bridgehead atoms. The maximum Gasteiger partial charge on any atom is 0.417 e. The number of nitrogens with one attached hydrogen (secondary N) is 1. The van der Waals surface area contributed by atoms with Crippen LogP contribution in [-0.4, -0.2) is 57.6 Å². The zero-order valence-electron chi connectivity index (χ0n) is 17.5. The molecule has 1 unspecified atom stereocenters. The molecule has 8 nitrogen and oxygen atoms in total. The number of fused-ring (bicyclic) bond motifs is 1. The maximum atomic E-state index is 13.2. The maximum absolute atomic E-state index is 13.2. The third-order valence-corrected chi connectivity index (χ3v) is 6.11. The van der Waals surface area contributed by atoms with Crippen LogP contribution in [0.4, 0.5) is 23.7 Å². The Kier molecular flexibility index (Phi) is 5.18. The summed E-state index contributed by atoms with van der Waals surface area (Å²) in [4.78, 5) is 28.2. The normalized spacial score (nSPS) is 19.2. The predicted molar refractivity (Wildman–Crippen MR) is 113 cm³/mol. The van der Waals surface area contributed by atoms with Crippen LogP contribution in [0.25, 0.3) is 5.65 Å². The number of hydrogen-bond acceptors (Lipinski definition) is 4. The minimum atomic E-state index is -4.47. The van der Waals surface area contributed by atoms with E-state index in [0.29, 0.717) is 61.7 Å². The molecule has 172 valence electrons.